The third-order valence-corrected chi connectivity index (χ3v) is 3.28. The maximum absolute atomic E-state index is 8.79. The van der Waals surface area contributed by atoms with E-state index in [0.29, 0.717) is 23.5 Å². The van der Waals surface area contributed by atoms with E-state index >= 15 is 0 Å². The SMILES string of the molecule is N#Cc1ccnc(N2CC3COCC3C2)n1. The highest BCUT2D eigenvalue weighted by molar-refractivity contribution is 5.35. The van der Waals surface area contributed by atoms with Gasteiger partial charge in [-0.2, -0.15) is 5.26 Å². The molecule has 3 rings (SSSR count). The van der Waals surface area contributed by atoms with E-state index in [1.807, 2.05) is 6.07 Å². The lowest BCUT2D eigenvalue weighted by molar-refractivity contribution is 0.177. The molecule has 5 nitrogen and oxygen atoms in total. The molecular formula is C11H12N4O. The van der Waals surface area contributed by atoms with Crippen molar-refractivity contribution in [3.8, 4) is 6.07 Å². The first-order valence-electron chi connectivity index (χ1n) is 5.42. The van der Waals surface area contributed by atoms with Crippen molar-refractivity contribution in [1.29, 1.82) is 5.26 Å². The molecule has 1 aromatic rings. The van der Waals surface area contributed by atoms with E-state index in [0.717, 1.165) is 26.3 Å². The fraction of sp³-hybridized carbons (Fsp3) is 0.545. The molecule has 2 aliphatic heterocycles. The second-order valence-corrected chi connectivity index (χ2v) is 4.32. The van der Waals surface area contributed by atoms with Gasteiger partial charge in [-0.25, -0.2) is 9.97 Å². The number of nitrogens with zero attached hydrogens (tertiary/aromatic N) is 4. The molecular weight excluding hydrogens is 204 g/mol. The van der Waals surface area contributed by atoms with Gasteiger partial charge >= 0.3 is 0 Å². The van der Waals surface area contributed by atoms with Crippen LogP contribution in [-0.4, -0.2) is 36.3 Å². The van der Waals surface area contributed by atoms with Gasteiger partial charge in [0.25, 0.3) is 0 Å². The van der Waals surface area contributed by atoms with Crippen LogP contribution in [0.2, 0.25) is 0 Å². The van der Waals surface area contributed by atoms with Crippen LogP contribution in [0.4, 0.5) is 5.95 Å². The molecule has 2 saturated heterocycles. The molecule has 2 atom stereocenters. The topological polar surface area (TPSA) is 62.0 Å². The Morgan fingerprint density at radius 2 is 2.12 bits per heavy atom. The molecule has 0 N–H and O–H groups in total. The highest BCUT2D eigenvalue weighted by Crippen LogP contribution is 2.30. The summed E-state index contributed by atoms with van der Waals surface area (Å²) in [5.74, 6) is 1.89. The normalized spacial score (nSPS) is 27.8. The van der Waals surface area contributed by atoms with Gasteiger partial charge in [0.05, 0.1) is 13.2 Å². The van der Waals surface area contributed by atoms with Crippen LogP contribution < -0.4 is 4.90 Å². The lowest BCUT2D eigenvalue weighted by Gasteiger charge is -2.16. The molecule has 0 bridgehead atoms. The molecule has 0 saturated carbocycles. The molecule has 0 radical (unpaired) electrons. The third-order valence-electron chi connectivity index (χ3n) is 3.28. The molecule has 0 amide bonds. The van der Waals surface area contributed by atoms with E-state index in [-0.39, 0.29) is 0 Å². The summed E-state index contributed by atoms with van der Waals surface area (Å²) in [6.07, 6.45) is 1.64. The van der Waals surface area contributed by atoms with Crippen LogP contribution in [0.3, 0.4) is 0 Å². The van der Waals surface area contributed by atoms with E-state index < -0.39 is 0 Å². The predicted molar refractivity (Wildman–Crippen MR) is 56.8 cm³/mol. The van der Waals surface area contributed by atoms with Crippen molar-refractivity contribution in [2.45, 2.75) is 0 Å². The second kappa shape index (κ2) is 3.72. The minimum Gasteiger partial charge on any atom is -0.381 e. The summed E-state index contributed by atoms with van der Waals surface area (Å²) in [5, 5.41) is 8.79. The minimum absolute atomic E-state index is 0.429. The largest absolute Gasteiger partial charge is 0.381 e. The zero-order valence-electron chi connectivity index (χ0n) is 8.83. The Morgan fingerprint density at radius 3 is 2.81 bits per heavy atom. The van der Waals surface area contributed by atoms with Gasteiger partial charge in [0.15, 0.2) is 0 Å². The van der Waals surface area contributed by atoms with Crippen LogP contribution in [0.5, 0.6) is 0 Å². The Balaban J connectivity index is 1.81. The van der Waals surface area contributed by atoms with Crippen LogP contribution in [0, 0.1) is 23.2 Å². The zero-order valence-corrected chi connectivity index (χ0v) is 8.83. The van der Waals surface area contributed by atoms with E-state index in [1.54, 1.807) is 12.3 Å². The van der Waals surface area contributed by atoms with Gasteiger partial charge in [0.1, 0.15) is 11.8 Å². The molecule has 3 heterocycles. The summed E-state index contributed by atoms with van der Waals surface area (Å²) < 4.78 is 5.42. The van der Waals surface area contributed by atoms with Crippen molar-refractivity contribution in [2.75, 3.05) is 31.2 Å². The third kappa shape index (κ3) is 1.51. The lowest BCUT2D eigenvalue weighted by Crippen LogP contribution is -2.24. The molecule has 0 spiro atoms. The Morgan fingerprint density at radius 1 is 1.38 bits per heavy atom. The monoisotopic (exact) mass is 216 g/mol. The minimum atomic E-state index is 0.429. The Labute approximate surface area is 93.7 Å². The number of rotatable bonds is 1. The summed E-state index contributed by atoms with van der Waals surface area (Å²) in [7, 11) is 0. The smallest absolute Gasteiger partial charge is 0.226 e. The molecule has 2 unspecified atom stereocenters. The quantitative estimate of drug-likeness (QED) is 0.681. The molecule has 0 aromatic carbocycles. The number of fused-ring (bicyclic) bond motifs is 1. The number of ether oxygens (including phenoxy) is 1. The van der Waals surface area contributed by atoms with Gasteiger partial charge < -0.3 is 9.64 Å². The number of aromatic nitrogens is 2. The summed E-state index contributed by atoms with van der Waals surface area (Å²) in [6.45, 7) is 3.58. The average molecular weight is 216 g/mol. The van der Waals surface area contributed by atoms with Crippen LogP contribution in [0.1, 0.15) is 5.69 Å². The predicted octanol–water partition coefficient (Wildman–Crippen LogP) is 0.431. The molecule has 16 heavy (non-hydrogen) atoms. The van der Waals surface area contributed by atoms with Gasteiger partial charge in [-0.05, 0) is 6.07 Å². The fourth-order valence-corrected chi connectivity index (χ4v) is 2.41. The Kier molecular flexibility index (Phi) is 2.22. The van der Waals surface area contributed by atoms with E-state index in [2.05, 4.69) is 14.9 Å². The van der Waals surface area contributed by atoms with Crippen molar-refractivity contribution in [3.05, 3.63) is 18.0 Å². The molecule has 2 aliphatic rings. The summed E-state index contributed by atoms with van der Waals surface area (Å²) >= 11 is 0. The first kappa shape index (κ1) is 9.55. The van der Waals surface area contributed by atoms with E-state index in [4.69, 9.17) is 10.00 Å². The maximum atomic E-state index is 8.79. The van der Waals surface area contributed by atoms with Crippen LogP contribution in [0.15, 0.2) is 12.3 Å². The van der Waals surface area contributed by atoms with E-state index in [1.165, 1.54) is 0 Å². The molecule has 5 heteroatoms. The van der Waals surface area contributed by atoms with Gasteiger partial charge in [0, 0.05) is 31.1 Å². The summed E-state index contributed by atoms with van der Waals surface area (Å²) in [5.41, 5.74) is 0.429. The van der Waals surface area contributed by atoms with Gasteiger partial charge in [0.2, 0.25) is 5.95 Å². The van der Waals surface area contributed by atoms with Crippen LogP contribution >= 0.6 is 0 Å². The maximum Gasteiger partial charge on any atom is 0.226 e. The standard InChI is InChI=1S/C11H12N4O/c12-3-10-1-2-13-11(14-10)15-4-8-6-16-7-9(8)5-15/h1-2,8-9H,4-7H2. The van der Waals surface area contributed by atoms with Crippen molar-refractivity contribution < 1.29 is 4.74 Å². The molecule has 2 fully saturated rings. The van der Waals surface area contributed by atoms with Crippen molar-refractivity contribution in [1.82, 2.24) is 9.97 Å². The van der Waals surface area contributed by atoms with E-state index in [9.17, 15) is 0 Å². The zero-order chi connectivity index (χ0) is 11.0. The van der Waals surface area contributed by atoms with Crippen molar-refractivity contribution >= 4 is 5.95 Å². The fourth-order valence-electron chi connectivity index (χ4n) is 2.41. The first-order valence-corrected chi connectivity index (χ1v) is 5.42. The summed E-state index contributed by atoms with van der Waals surface area (Å²) in [6, 6.07) is 3.67. The van der Waals surface area contributed by atoms with Crippen molar-refractivity contribution in [2.24, 2.45) is 11.8 Å². The number of nitriles is 1. The number of hydrogen-bond donors (Lipinski definition) is 0. The van der Waals surface area contributed by atoms with Gasteiger partial charge in [-0.3, -0.25) is 0 Å². The average Bonchev–Trinajstić information content (AvgIpc) is 2.89. The number of anilines is 1. The van der Waals surface area contributed by atoms with Gasteiger partial charge in [-0.1, -0.05) is 0 Å². The van der Waals surface area contributed by atoms with Crippen LogP contribution in [-0.2, 0) is 4.74 Å². The highest BCUT2D eigenvalue weighted by Gasteiger charge is 2.38. The van der Waals surface area contributed by atoms with Crippen LogP contribution in [0.25, 0.3) is 0 Å². The van der Waals surface area contributed by atoms with Gasteiger partial charge in [-0.15, -0.1) is 0 Å². The van der Waals surface area contributed by atoms with Crippen molar-refractivity contribution in [3.63, 3.8) is 0 Å². The Bertz CT molecular complexity index is 430. The highest BCUT2D eigenvalue weighted by atomic mass is 16.5. The summed E-state index contributed by atoms with van der Waals surface area (Å²) in [4.78, 5) is 10.6. The lowest BCUT2D eigenvalue weighted by atomic mass is 10.0. The molecule has 82 valence electrons. The molecule has 0 aliphatic carbocycles. The Hall–Kier alpha value is -1.67. The second-order valence-electron chi connectivity index (χ2n) is 4.32. The first-order chi connectivity index (χ1) is 7.86. The number of hydrogen-bond acceptors (Lipinski definition) is 5. The molecule has 1 aromatic heterocycles.